The van der Waals surface area contributed by atoms with Crippen LogP contribution in [0.3, 0.4) is 0 Å². The number of hydrogen-bond acceptors (Lipinski definition) is 6. The van der Waals surface area contributed by atoms with E-state index in [4.69, 9.17) is 9.97 Å². The van der Waals surface area contributed by atoms with E-state index in [1.807, 2.05) is 66.7 Å². The average Bonchev–Trinajstić information content (AvgIpc) is 4.27. The summed E-state index contributed by atoms with van der Waals surface area (Å²) in [6.07, 6.45) is 0. The second-order valence-corrected chi connectivity index (χ2v) is 20.6. The first-order valence-corrected chi connectivity index (χ1v) is 27.1. The Kier molecular flexibility index (Phi) is 11.2. The number of benzene rings is 11. The molecule has 0 N–H and O–H groups in total. The second-order valence-electron chi connectivity index (χ2n) is 20.6. The summed E-state index contributed by atoms with van der Waals surface area (Å²) in [5.74, 6) is 0.517. The summed E-state index contributed by atoms with van der Waals surface area (Å²) in [7, 11) is 0. The molecule has 0 amide bonds. The van der Waals surface area contributed by atoms with Crippen LogP contribution in [0.5, 0.6) is 0 Å². The van der Waals surface area contributed by atoms with Crippen molar-refractivity contribution in [1.82, 2.24) is 23.7 Å². The first-order chi connectivity index (χ1) is 40.9. The van der Waals surface area contributed by atoms with E-state index >= 15 is 0 Å². The first kappa shape index (κ1) is 48.0. The van der Waals surface area contributed by atoms with E-state index in [9.17, 15) is 21.0 Å². The number of hydrogen-bond donors (Lipinski definition) is 0. The summed E-state index contributed by atoms with van der Waals surface area (Å²) in [4.78, 5) is 9.89. The lowest BCUT2D eigenvalue weighted by Gasteiger charge is -2.15. The maximum atomic E-state index is 11.2. The zero-order chi connectivity index (χ0) is 55.7. The van der Waals surface area contributed by atoms with Gasteiger partial charge in [-0.2, -0.15) is 21.0 Å². The molecule has 9 heteroatoms. The van der Waals surface area contributed by atoms with Crippen molar-refractivity contribution in [2.45, 2.75) is 0 Å². The van der Waals surface area contributed by atoms with Gasteiger partial charge in [0.2, 0.25) is 0 Å². The minimum atomic E-state index is 0.380. The van der Waals surface area contributed by atoms with Crippen LogP contribution in [0.2, 0.25) is 0 Å². The third-order valence-electron chi connectivity index (χ3n) is 16.0. The molecule has 0 radical (unpaired) electrons. The Hall–Kier alpha value is -12.1. The highest BCUT2D eigenvalue weighted by molar-refractivity contribution is 6.14. The van der Waals surface area contributed by atoms with Gasteiger partial charge in [-0.1, -0.05) is 133 Å². The third-order valence-corrected chi connectivity index (χ3v) is 16.0. The fourth-order valence-corrected chi connectivity index (χ4v) is 12.1. The molecular formula is C74H41N9. The fourth-order valence-electron chi connectivity index (χ4n) is 12.1. The monoisotopic (exact) mass is 1060 g/mol. The van der Waals surface area contributed by atoms with E-state index in [-0.39, 0.29) is 0 Å². The molecule has 0 aliphatic heterocycles. The summed E-state index contributed by atoms with van der Waals surface area (Å²) in [5, 5.41) is 47.9. The summed E-state index contributed by atoms with van der Waals surface area (Å²) < 4.78 is 6.76. The molecule has 4 heterocycles. The van der Waals surface area contributed by atoms with Crippen molar-refractivity contribution in [1.29, 1.82) is 21.0 Å². The van der Waals surface area contributed by atoms with Crippen LogP contribution < -0.4 is 0 Å². The molecule has 0 unspecified atom stereocenters. The lowest BCUT2D eigenvalue weighted by Crippen LogP contribution is -2.02. The summed E-state index contributed by atoms with van der Waals surface area (Å²) in [6, 6.07) is 93.2. The standard InChI is InChI=1S/C74H41N9/c75-42-46-17-21-51(22-18-46)65-41-66(80-74(79-65)53-23-19-47(43-76)20-24-53)52-31-29-49(30-32-52)48-25-27-50(28-26-48)54-37-55(44-77)73(56(38-54)45-78)83-71-35-33-57(81-67-13-5-1-9-59(67)60-10-2-6-14-68(60)81)39-63(71)64-40-58(34-36-72(64)83)82-69-15-7-3-11-61(69)62-12-4-8-16-70(62)82/h1-41H. The molecule has 0 bridgehead atoms. The lowest BCUT2D eigenvalue weighted by atomic mass is 9.95. The Morgan fingerprint density at radius 2 is 0.602 bits per heavy atom. The Labute approximate surface area is 476 Å². The van der Waals surface area contributed by atoms with Crippen molar-refractivity contribution in [3.63, 3.8) is 0 Å². The Balaban J connectivity index is 0.820. The molecule has 382 valence electrons. The van der Waals surface area contributed by atoms with Crippen LogP contribution in [0.1, 0.15) is 22.3 Å². The molecular weight excluding hydrogens is 1010 g/mol. The molecule has 9 nitrogen and oxygen atoms in total. The smallest absolute Gasteiger partial charge is 0.160 e. The van der Waals surface area contributed by atoms with Crippen LogP contribution in [0.4, 0.5) is 0 Å². The largest absolute Gasteiger partial charge is 0.309 e. The van der Waals surface area contributed by atoms with Gasteiger partial charge in [0.05, 0.1) is 84.6 Å². The molecule has 83 heavy (non-hydrogen) atoms. The molecule has 0 spiro atoms. The Morgan fingerprint density at radius 1 is 0.265 bits per heavy atom. The number of nitriles is 4. The van der Waals surface area contributed by atoms with Gasteiger partial charge in [0, 0.05) is 60.4 Å². The van der Waals surface area contributed by atoms with Crippen LogP contribution in [-0.4, -0.2) is 23.7 Å². The number of fused-ring (bicyclic) bond motifs is 9. The van der Waals surface area contributed by atoms with Gasteiger partial charge in [-0.15, -0.1) is 0 Å². The Bertz CT molecular complexity index is 4950. The maximum absolute atomic E-state index is 11.2. The van der Waals surface area contributed by atoms with Crippen molar-refractivity contribution < 1.29 is 0 Å². The predicted molar refractivity (Wildman–Crippen MR) is 331 cm³/mol. The molecule has 0 aliphatic rings. The van der Waals surface area contributed by atoms with E-state index in [2.05, 4.69) is 196 Å². The zero-order valence-corrected chi connectivity index (χ0v) is 44.2. The van der Waals surface area contributed by atoms with E-state index < -0.39 is 0 Å². The molecule has 15 rings (SSSR count). The van der Waals surface area contributed by atoms with Crippen molar-refractivity contribution in [3.05, 3.63) is 271 Å². The van der Waals surface area contributed by atoms with E-state index in [1.54, 1.807) is 24.3 Å². The quantitative estimate of drug-likeness (QED) is 0.149. The van der Waals surface area contributed by atoms with E-state index in [0.717, 1.165) is 99.9 Å². The average molecular weight is 1060 g/mol. The molecule has 0 saturated heterocycles. The molecule has 0 aliphatic carbocycles. The van der Waals surface area contributed by atoms with Gasteiger partial charge in [0.1, 0.15) is 12.1 Å². The molecule has 4 aromatic heterocycles. The van der Waals surface area contributed by atoms with Crippen molar-refractivity contribution in [2.75, 3.05) is 0 Å². The molecule has 0 fully saturated rings. The van der Waals surface area contributed by atoms with Gasteiger partial charge >= 0.3 is 0 Å². The number of para-hydroxylation sites is 4. The molecule has 0 saturated carbocycles. The topological polar surface area (TPSA) is 136 Å². The number of nitrogens with zero attached hydrogens (tertiary/aromatic N) is 9. The normalized spacial score (nSPS) is 11.3. The lowest BCUT2D eigenvalue weighted by molar-refractivity contribution is 1.14. The highest BCUT2D eigenvalue weighted by Gasteiger charge is 2.23. The number of aromatic nitrogens is 5. The van der Waals surface area contributed by atoms with Crippen LogP contribution in [0.25, 0.3) is 139 Å². The van der Waals surface area contributed by atoms with E-state index in [1.165, 1.54) is 21.5 Å². The van der Waals surface area contributed by atoms with Crippen LogP contribution in [0, 0.1) is 45.3 Å². The Morgan fingerprint density at radius 3 is 0.988 bits per heavy atom. The highest BCUT2D eigenvalue weighted by Crippen LogP contribution is 2.42. The van der Waals surface area contributed by atoms with Gasteiger partial charge in [0.15, 0.2) is 5.82 Å². The van der Waals surface area contributed by atoms with Crippen LogP contribution in [0.15, 0.2) is 249 Å². The van der Waals surface area contributed by atoms with Gasteiger partial charge in [-0.25, -0.2) is 9.97 Å². The molecule has 0 atom stereocenters. The maximum Gasteiger partial charge on any atom is 0.160 e. The zero-order valence-electron chi connectivity index (χ0n) is 44.2. The fraction of sp³-hybridized carbons (Fsp3) is 0. The third kappa shape index (κ3) is 7.90. The van der Waals surface area contributed by atoms with Gasteiger partial charge in [-0.3, -0.25) is 0 Å². The minimum absolute atomic E-state index is 0.380. The van der Waals surface area contributed by atoms with Crippen molar-refractivity contribution in [3.8, 4) is 97.5 Å². The van der Waals surface area contributed by atoms with Gasteiger partial charge < -0.3 is 13.7 Å². The summed E-state index contributed by atoms with van der Waals surface area (Å²) >= 11 is 0. The molecule has 15 aromatic rings. The van der Waals surface area contributed by atoms with E-state index in [0.29, 0.717) is 39.5 Å². The van der Waals surface area contributed by atoms with Crippen LogP contribution >= 0.6 is 0 Å². The predicted octanol–water partition coefficient (Wildman–Crippen LogP) is 17.6. The van der Waals surface area contributed by atoms with Crippen molar-refractivity contribution >= 4 is 65.4 Å². The second kappa shape index (κ2) is 19.3. The van der Waals surface area contributed by atoms with Gasteiger partial charge in [0.25, 0.3) is 0 Å². The van der Waals surface area contributed by atoms with Crippen LogP contribution in [-0.2, 0) is 0 Å². The summed E-state index contributed by atoms with van der Waals surface area (Å²) in [5.41, 5.74) is 18.1. The minimum Gasteiger partial charge on any atom is -0.309 e. The first-order valence-electron chi connectivity index (χ1n) is 27.1. The van der Waals surface area contributed by atoms with Crippen molar-refractivity contribution in [2.24, 2.45) is 0 Å². The highest BCUT2D eigenvalue weighted by atomic mass is 15.0. The number of rotatable bonds is 8. The summed E-state index contributed by atoms with van der Waals surface area (Å²) in [6.45, 7) is 0. The SMILES string of the molecule is N#Cc1ccc(-c2cc(-c3ccc(-c4ccc(-c5cc(C#N)c(-n6c7ccc(-n8c9ccccc9c9ccccc98)cc7c7cc(-n8c9ccccc9c9ccccc98)ccc76)c(C#N)c5)cc4)cc3)nc(-c3ccc(C#N)cc3)n2)cc1. The molecule has 11 aromatic carbocycles. The van der Waals surface area contributed by atoms with Gasteiger partial charge in [-0.05, 0) is 138 Å².